The molecule has 1 fully saturated rings. The first kappa shape index (κ1) is 8.93. The van der Waals surface area contributed by atoms with Crippen molar-refractivity contribution in [1.82, 2.24) is 0 Å². The van der Waals surface area contributed by atoms with E-state index in [0.717, 1.165) is 0 Å². The second kappa shape index (κ2) is 3.49. The number of aliphatic hydroxyl groups is 2. The highest BCUT2D eigenvalue weighted by Gasteiger charge is 2.35. The van der Waals surface area contributed by atoms with E-state index in [1.165, 1.54) is 7.11 Å². The third-order valence-electron chi connectivity index (χ3n) is 1.97. The lowest BCUT2D eigenvalue weighted by Gasteiger charge is -2.34. The van der Waals surface area contributed by atoms with Gasteiger partial charge >= 0.3 is 0 Å². The van der Waals surface area contributed by atoms with Crippen LogP contribution in [0.3, 0.4) is 0 Å². The van der Waals surface area contributed by atoms with Gasteiger partial charge in [0.2, 0.25) is 0 Å². The Hall–Kier alpha value is -0.160. The molecule has 4 nitrogen and oxygen atoms in total. The van der Waals surface area contributed by atoms with Crippen LogP contribution in [-0.2, 0) is 9.47 Å². The quantitative estimate of drug-likeness (QED) is 0.537. The summed E-state index contributed by atoms with van der Waals surface area (Å²) in [7, 11) is 1.44. The van der Waals surface area contributed by atoms with Gasteiger partial charge in [-0.15, -0.1) is 0 Å². The van der Waals surface area contributed by atoms with E-state index in [4.69, 9.17) is 9.47 Å². The maximum absolute atomic E-state index is 9.34. The molecule has 2 N–H and O–H groups in total. The van der Waals surface area contributed by atoms with E-state index in [-0.39, 0.29) is 5.92 Å². The van der Waals surface area contributed by atoms with Crippen molar-refractivity contribution in [2.24, 2.45) is 5.92 Å². The molecule has 1 unspecified atom stereocenters. The van der Waals surface area contributed by atoms with Crippen molar-refractivity contribution in [3.63, 3.8) is 0 Å². The number of aliphatic hydroxyl groups excluding tert-OH is 2. The maximum Gasteiger partial charge on any atom is 0.185 e. The predicted octanol–water partition coefficient (Wildman–Crippen LogP) is -0.653. The molecule has 1 heterocycles. The van der Waals surface area contributed by atoms with Gasteiger partial charge in [0, 0.05) is 13.0 Å². The lowest BCUT2D eigenvalue weighted by Crippen LogP contribution is -2.49. The molecule has 0 amide bonds. The Morgan fingerprint density at radius 3 is 2.55 bits per heavy atom. The van der Waals surface area contributed by atoms with E-state index in [2.05, 4.69) is 0 Å². The van der Waals surface area contributed by atoms with Crippen molar-refractivity contribution in [2.45, 2.75) is 25.4 Å². The van der Waals surface area contributed by atoms with Crippen LogP contribution in [-0.4, -0.2) is 42.4 Å². The third-order valence-corrected chi connectivity index (χ3v) is 1.97. The van der Waals surface area contributed by atoms with Crippen LogP contribution in [0.4, 0.5) is 0 Å². The van der Waals surface area contributed by atoms with Crippen LogP contribution in [0.15, 0.2) is 0 Å². The number of methoxy groups -OCH3 is 1. The van der Waals surface area contributed by atoms with Crippen molar-refractivity contribution < 1.29 is 19.7 Å². The number of ether oxygens (including phenoxy) is 2. The summed E-state index contributed by atoms with van der Waals surface area (Å²) in [6.45, 7) is 2.25. The molecule has 4 heteroatoms. The molecule has 66 valence electrons. The number of rotatable bonds is 1. The molecular formula is C7H14O4. The summed E-state index contributed by atoms with van der Waals surface area (Å²) < 4.78 is 9.88. The van der Waals surface area contributed by atoms with Crippen molar-refractivity contribution >= 4 is 0 Å². The highest BCUT2D eigenvalue weighted by Crippen LogP contribution is 2.19. The van der Waals surface area contributed by atoms with Gasteiger partial charge in [-0.1, -0.05) is 6.92 Å². The van der Waals surface area contributed by atoms with E-state index in [0.29, 0.717) is 6.61 Å². The SMILES string of the molecule is CO[C@@H]1OC[C@@H](C)[C@H](O)C1O. The number of hydrogen-bond donors (Lipinski definition) is 2. The molecule has 1 aliphatic heterocycles. The van der Waals surface area contributed by atoms with E-state index in [1.54, 1.807) is 0 Å². The average molecular weight is 162 g/mol. The standard InChI is InChI=1S/C7H14O4/c1-4-3-11-7(10-2)6(9)5(4)8/h4-9H,3H2,1-2H3/t4-,5+,6?,7-/m1/s1. The minimum absolute atomic E-state index is 0.0311. The van der Waals surface area contributed by atoms with Crippen LogP contribution in [0.2, 0.25) is 0 Å². The molecule has 1 aliphatic rings. The van der Waals surface area contributed by atoms with E-state index < -0.39 is 18.5 Å². The van der Waals surface area contributed by atoms with Crippen molar-refractivity contribution in [3.8, 4) is 0 Å². The Bertz CT molecular complexity index is 126. The van der Waals surface area contributed by atoms with E-state index in [1.807, 2.05) is 6.92 Å². The fraction of sp³-hybridized carbons (Fsp3) is 1.00. The topological polar surface area (TPSA) is 58.9 Å². The first-order chi connectivity index (χ1) is 5.16. The van der Waals surface area contributed by atoms with Crippen molar-refractivity contribution in [3.05, 3.63) is 0 Å². The second-order valence-electron chi connectivity index (χ2n) is 2.90. The molecule has 1 saturated heterocycles. The zero-order valence-corrected chi connectivity index (χ0v) is 6.73. The van der Waals surface area contributed by atoms with Gasteiger partial charge in [0.05, 0.1) is 12.7 Å². The Balaban J connectivity index is 2.52. The van der Waals surface area contributed by atoms with Gasteiger partial charge in [0.1, 0.15) is 6.10 Å². The summed E-state index contributed by atoms with van der Waals surface area (Å²) >= 11 is 0. The monoisotopic (exact) mass is 162 g/mol. The second-order valence-corrected chi connectivity index (χ2v) is 2.90. The summed E-state index contributed by atoms with van der Waals surface area (Å²) in [6.07, 6.45) is -2.35. The molecule has 0 aromatic rings. The largest absolute Gasteiger partial charge is 0.390 e. The van der Waals surface area contributed by atoms with Crippen molar-refractivity contribution in [1.29, 1.82) is 0 Å². The zero-order chi connectivity index (χ0) is 8.43. The zero-order valence-electron chi connectivity index (χ0n) is 6.73. The summed E-state index contributed by atoms with van der Waals surface area (Å²) in [5.41, 5.74) is 0. The molecular weight excluding hydrogens is 148 g/mol. The molecule has 0 spiro atoms. The van der Waals surface area contributed by atoms with Crippen LogP contribution in [0.5, 0.6) is 0 Å². The first-order valence-corrected chi connectivity index (χ1v) is 3.67. The summed E-state index contributed by atoms with van der Waals surface area (Å²) in [4.78, 5) is 0. The minimum Gasteiger partial charge on any atom is -0.390 e. The smallest absolute Gasteiger partial charge is 0.185 e. The molecule has 0 aliphatic carbocycles. The predicted molar refractivity (Wildman–Crippen MR) is 37.9 cm³/mol. The molecule has 4 atom stereocenters. The Labute approximate surface area is 65.7 Å². The van der Waals surface area contributed by atoms with E-state index in [9.17, 15) is 10.2 Å². The van der Waals surface area contributed by atoms with Crippen LogP contribution in [0.25, 0.3) is 0 Å². The molecule has 0 aromatic carbocycles. The first-order valence-electron chi connectivity index (χ1n) is 3.67. The van der Waals surface area contributed by atoms with Gasteiger partial charge in [0.15, 0.2) is 6.29 Å². The van der Waals surface area contributed by atoms with Gasteiger partial charge in [-0.05, 0) is 0 Å². The third kappa shape index (κ3) is 1.70. The molecule has 0 bridgehead atoms. The van der Waals surface area contributed by atoms with Crippen LogP contribution >= 0.6 is 0 Å². The normalized spacial score (nSPS) is 45.8. The Kier molecular flexibility index (Phi) is 2.84. The number of hydrogen-bond acceptors (Lipinski definition) is 4. The molecule has 11 heavy (non-hydrogen) atoms. The van der Waals surface area contributed by atoms with Gasteiger partial charge in [0.25, 0.3) is 0 Å². The van der Waals surface area contributed by atoms with Crippen LogP contribution in [0.1, 0.15) is 6.92 Å². The van der Waals surface area contributed by atoms with E-state index >= 15 is 0 Å². The lowest BCUT2D eigenvalue weighted by molar-refractivity contribution is -0.248. The Morgan fingerprint density at radius 1 is 1.36 bits per heavy atom. The fourth-order valence-corrected chi connectivity index (χ4v) is 1.15. The average Bonchev–Trinajstić information content (AvgIpc) is 2.01. The molecule has 0 aromatic heterocycles. The highest BCUT2D eigenvalue weighted by atomic mass is 16.7. The van der Waals surface area contributed by atoms with Gasteiger partial charge in [-0.2, -0.15) is 0 Å². The van der Waals surface area contributed by atoms with Crippen molar-refractivity contribution in [2.75, 3.05) is 13.7 Å². The van der Waals surface area contributed by atoms with Gasteiger partial charge in [-0.25, -0.2) is 0 Å². The summed E-state index contributed by atoms with van der Waals surface area (Å²) in [6, 6.07) is 0. The maximum atomic E-state index is 9.34. The minimum atomic E-state index is -0.927. The van der Waals surface area contributed by atoms with Crippen LogP contribution < -0.4 is 0 Å². The van der Waals surface area contributed by atoms with Gasteiger partial charge in [-0.3, -0.25) is 0 Å². The summed E-state index contributed by atoms with van der Waals surface area (Å²) in [5, 5.41) is 18.6. The van der Waals surface area contributed by atoms with Crippen LogP contribution in [0, 0.1) is 5.92 Å². The lowest BCUT2D eigenvalue weighted by atomic mass is 9.98. The summed E-state index contributed by atoms with van der Waals surface area (Å²) in [5.74, 6) is -0.0311. The fourth-order valence-electron chi connectivity index (χ4n) is 1.15. The molecule has 1 rings (SSSR count). The molecule has 0 saturated carbocycles. The Morgan fingerprint density at radius 2 is 2.00 bits per heavy atom. The molecule has 0 radical (unpaired) electrons. The highest BCUT2D eigenvalue weighted by molar-refractivity contribution is 4.79. The van der Waals surface area contributed by atoms with Gasteiger partial charge < -0.3 is 19.7 Å².